The molecule has 3 aromatic rings. The van der Waals surface area contributed by atoms with Crippen LogP contribution in [0.2, 0.25) is 0 Å². The third kappa shape index (κ3) is 3.36. The Morgan fingerprint density at radius 1 is 1.03 bits per heavy atom. The first kappa shape index (κ1) is 22.6. The van der Waals surface area contributed by atoms with E-state index in [2.05, 4.69) is 41.6 Å². The zero-order chi connectivity index (χ0) is 25.3. The summed E-state index contributed by atoms with van der Waals surface area (Å²) in [5.41, 5.74) is 16.5. The van der Waals surface area contributed by atoms with E-state index in [-0.39, 0.29) is 0 Å². The van der Waals surface area contributed by atoms with E-state index in [1.165, 1.54) is 45.3 Å². The number of fused-ring (bicyclic) bond motifs is 5. The minimum absolute atomic E-state index is 0.396. The van der Waals surface area contributed by atoms with Crippen molar-refractivity contribution in [2.24, 2.45) is 5.73 Å². The zero-order valence-electron chi connectivity index (χ0n) is 21.8. The van der Waals surface area contributed by atoms with Gasteiger partial charge >= 0.3 is 0 Å². The van der Waals surface area contributed by atoms with Gasteiger partial charge in [-0.2, -0.15) is 0 Å². The number of anilines is 1. The number of primary amides is 1. The minimum atomic E-state index is -0.396. The second-order valence-electron chi connectivity index (χ2n) is 11.0. The van der Waals surface area contributed by atoms with Crippen molar-refractivity contribution in [3.63, 3.8) is 0 Å². The van der Waals surface area contributed by atoms with Crippen LogP contribution in [-0.2, 0) is 25.7 Å². The highest BCUT2D eigenvalue weighted by Crippen LogP contribution is 2.48. The van der Waals surface area contributed by atoms with E-state index in [0.29, 0.717) is 5.56 Å². The first-order valence-electron chi connectivity index (χ1n) is 13.8. The van der Waals surface area contributed by atoms with Crippen molar-refractivity contribution in [3.05, 3.63) is 85.9 Å². The Kier molecular flexibility index (Phi) is 5.17. The maximum atomic E-state index is 12.2. The Morgan fingerprint density at radius 3 is 2.65 bits per heavy atom. The van der Waals surface area contributed by atoms with Crippen molar-refractivity contribution in [2.45, 2.75) is 51.9 Å². The second kappa shape index (κ2) is 8.47. The summed E-state index contributed by atoms with van der Waals surface area (Å²) >= 11 is 0. The topological polar surface area (TPSA) is 58.6 Å². The normalized spacial score (nSPS) is 17.4. The lowest BCUT2D eigenvalue weighted by Gasteiger charge is -2.39. The number of hydrogen-bond acceptors (Lipinski definition) is 3. The summed E-state index contributed by atoms with van der Waals surface area (Å²) in [6.07, 6.45) is 7.59. The van der Waals surface area contributed by atoms with Gasteiger partial charge in [0.05, 0.1) is 5.56 Å². The van der Waals surface area contributed by atoms with Gasteiger partial charge in [-0.1, -0.05) is 19.1 Å². The van der Waals surface area contributed by atoms with Crippen molar-refractivity contribution in [3.8, 4) is 11.5 Å². The number of carbonyl (C=O) groups is 1. The van der Waals surface area contributed by atoms with Crippen LogP contribution in [-0.4, -0.2) is 32.6 Å². The maximum Gasteiger partial charge on any atom is 0.248 e. The molecule has 37 heavy (non-hydrogen) atoms. The third-order valence-electron chi connectivity index (χ3n) is 8.76. The molecule has 4 aliphatic rings. The van der Waals surface area contributed by atoms with Gasteiger partial charge in [0.1, 0.15) is 25.1 Å². The quantitative estimate of drug-likeness (QED) is 0.446. The molecule has 5 nitrogen and oxygen atoms in total. The van der Waals surface area contributed by atoms with Crippen LogP contribution in [0.4, 0.5) is 5.69 Å². The van der Waals surface area contributed by atoms with Crippen molar-refractivity contribution in [1.82, 2.24) is 4.58 Å². The second-order valence-corrected chi connectivity index (χ2v) is 11.0. The molecule has 2 N–H and O–H groups in total. The minimum Gasteiger partial charge on any atom is -0.455 e. The molecule has 0 radical (unpaired) electrons. The molecular formula is C32H34N3O2+. The SMILES string of the molecule is CCc1cc2c(c3c1=[N+](C)CCC3)Oc1c(cc3c4c1CCCN4CCC3)C=2c1cccc(C(N)=O)c1. The van der Waals surface area contributed by atoms with E-state index in [1.807, 2.05) is 12.1 Å². The number of amides is 1. The van der Waals surface area contributed by atoms with E-state index < -0.39 is 5.91 Å². The molecule has 4 aliphatic heterocycles. The molecule has 3 aromatic carbocycles. The average molecular weight is 493 g/mol. The van der Waals surface area contributed by atoms with Gasteiger partial charge in [-0.05, 0) is 73.9 Å². The van der Waals surface area contributed by atoms with Gasteiger partial charge in [-0.3, -0.25) is 4.79 Å². The number of rotatable bonds is 3. The number of hydrogen-bond donors (Lipinski definition) is 1. The van der Waals surface area contributed by atoms with Gasteiger partial charge < -0.3 is 15.4 Å². The fourth-order valence-electron chi connectivity index (χ4n) is 7.18. The molecular weight excluding hydrogens is 458 g/mol. The summed E-state index contributed by atoms with van der Waals surface area (Å²) in [6.45, 7) is 5.57. The summed E-state index contributed by atoms with van der Waals surface area (Å²) < 4.78 is 9.46. The number of nitrogens with zero attached hydrogens (tertiary/aromatic N) is 2. The van der Waals surface area contributed by atoms with Crippen molar-refractivity contribution < 1.29 is 9.53 Å². The molecule has 188 valence electrons. The molecule has 0 spiro atoms. The fraction of sp³-hybridized carbons (Fsp3) is 0.375. The highest BCUT2D eigenvalue weighted by atomic mass is 16.5. The van der Waals surface area contributed by atoms with Crippen LogP contribution in [0.1, 0.15) is 69.9 Å². The molecule has 1 amide bonds. The Labute approximate surface area is 217 Å². The van der Waals surface area contributed by atoms with E-state index in [4.69, 9.17) is 10.5 Å². The van der Waals surface area contributed by atoms with Crippen LogP contribution in [0.3, 0.4) is 0 Å². The number of benzene rings is 3. The molecule has 5 heteroatoms. The number of nitrogens with two attached hydrogens (primary N) is 1. The summed E-state index contributed by atoms with van der Waals surface area (Å²) in [5.74, 6) is 1.64. The number of carbonyl (C=O) groups excluding carboxylic acids is 1. The van der Waals surface area contributed by atoms with Gasteiger partial charge in [0.25, 0.3) is 0 Å². The smallest absolute Gasteiger partial charge is 0.248 e. The van der Waals surface area contributed by atoms with Crippen molar-refractivity contribution in [1.29, 1.82) is 0 Å². The molecule has 0 bridgehead atoms. The van der Waals surface area contributed by atoms with Gasteiger partial charge in [0, 0.05) is 58.2 Å². The molecule has 7 rings (SSSR count). The first-order chi connectivity index (χ1) is 18.0. The Morgan fingerprint density at radius 2 is 1.84 bits per heavy atom. The Bertz CT molecular complexity index is 1620. The highest BCUT2D eigenvalue weighted by molar-refractivity contribution is 5.95. The van der Waals surface area contributed by atoms with Gasteiger partial charge in [0.15, 0.2) is 0 Å². The molecule has 0 saturated carbocycles. The predicted molar refractivity (Wildman–Crippen MR) is 147 cm³/mol. The first-order valence-corrected chi connectivity index (χ1v) is 13.8. The molecule has 0 atom stereocenters. The van der Waals surface area contributed by atoms with Crippen LogP contribution in [0.15, 0.2) is 36.4 Å². The highest BCUT2D eigenvalue weighted by Gasteiger charge is 2.34. The molecule has 0 aliphatic carbocycles. The molecule has 0 aromatic heterocycles. The van der Waals surface area contributed by atoms with Crippen molar-refractivity contribution in [2.75, 3.05) is 31.6 Å². The molecule has 0 unspecified atom stereocenters. The van der Waals surface area contributed by atoms with Gasteiger partial charge in [0.2, 0.25) is 11.3 Å². The van der Waals surface area contributed by atoms with Crippen LogP contribution in [0.5, 0.6) is 11.5 Å². The van der Waals surface area contributed by atoms with Crippen LogP contribution >= 0.6 is 0 Å². The third-order valence-corrected chi connectivity index (χ3v) is 8.76. The fourth-order valence-corrected chi connectivity index (χ4v) is 7.18. The van der Waals surface area contributed by atoms with E-state index in [0.717, 1.165) is 86.0 Å². The van der Waals surface area contributed by atoms with Gasteiger partial charge in [-0.25, -0.2) is 4.58 Å². The largest absolute Gasteiger partial charge is 0.455 e. The summed E-state index contributed by atoms with van der Waals surface area (Å²) in [5, 5.41) is 2.49. The van der Waals surface area contributed by atoms with E-state index in [9.17, 15) is 4.79 Å². The average Bonchev–Trinajstić information content (AvgIpc) is 2.92. The van der Waals surface area contributed by atoms with Gasteiger partial charge in [-0.15, -0.1) is 0 Å². The van der Waals surface area contributed by atoms with Crippen LogP contribution in [0, 0.1) is 0 Å². The lowest BCUT2D eigenvalue weighted by molar-refractivity contribution is 0.1000. The summed E-state index contributed by atoms with van der Waals surface area (Å²) in [6, 6.07) is 12.6. The predicted octanol–water partition coefficient (Wildman–Crippen LogP) is 3.47. The van der Waals surface area contributed by atoms with E-state index in [1.54, 1.807) is 6.07 Å². The standard InChI is InChI=1S/C32H33N3O2/c1-3-19-17-25-27(20-8-4-9-22(16-20)32(33)36)26-18-21-10-5-14-35-15-7-12-24(29(21)35)31(26)37-30(25)23-11-6-13-34(2)28(19)23/h4,8-9,16-18H,3,5-7,10-15H2,1-2H3,(H-,33,36)/p+1. The summed E-state index contributed by atoms with van der Waals surface area (Å²) in [7, 11) is 2.21. The lowest BCUT2D eigenvalue weighted by atomic mass is 9.83. The lowest BCUT2D eigenvalue weighted by Crippen LogP contribution is -2.40. The zero-order valence-corrected chi connectivity index (χ0v) is 21.8. The maximum absolute atomic E-state index is 12.2. The van der Waals surface area contributed by atoms with Crippen LogP contribution in [0.25, 0.3) is 5.57 Å². The van der Waals surface area contributed by atoms with Crippen molar-refractivity contribution >= 4 is 17.2 Å². The monoisotopic (exact) mass is 492 g/mol. The number of ether oxygens (including phenoxy) is 1. The van der Waals surface area contributed by atoms with Crippen LogP contribution < -0.4 is 30.5 Å². The van der Waals surface area contributed by atoms with E-state index >= 15 is 0 Å². The molecule has 0 saturated heterocycles. The summed E-state index contributed by atoms with van der Waals surface area (Å²) in [4.78, 5) is 14.7. The molecule has 0 fully saturated rings. The molecule has 4 heterocycles. The Balaban J connectivity index is 1.63. The number of aryl methyl sites for hydroxylation is 2. The Hall–Kier alpha value is -3.60.